The number of aromatic nitrogens is 2. The molecule has 5 nitrogen and oxygen atoms in total. The van der Waals surface area contributed by atoms with Crippen LogP contribution >= 0.6 is 0 Å². The molecule has 0 bridgehead atoms. The fourth-order valence-electron chi connectivity index (χ4n) is 2.54. The van der Waals surface area contributed by atoms with Gasteiger partial charge in [0.25, 0.3) is 5.91 Å². The van der Waals surface area contributed by atoms with E-state index < -0.39 is 0 Å². The molecule has 116 valence electrons. The number of aromatic amines is 1. The van der Waals surface area contributed by atoms with Crippen molar-refractivity contribution in [3.05, 3.63) is 65.4 Å². The smallest absolute Gasteiger partial charge is 0.276 e. The molecule has 0 aliphatic heterocycles. The van der Waals surface area contributed by atoms with Crippen LogP contribution in [0.1, 0.15) is 21.6 Å². The molecule has 1 amide bonds. The van der Waals surface area contributed by atoms with Crippen molar-refractivity contribution in [3.8, 4) is 11.1 Å². The van der Waals surface area contributed by atoms with Gasteiger partial charge in [-0.05, 0) is 36.6 Å². The number of hydrogen-bond acceptors (Lipinski definition) is 3. The van der Waals surface area contributed by atoms with E-state index in [9.17, 15) is 4.79 Å². The first-order chi connectivity index (χ1) is 11.1. The number of nitrogen functional groups attached to an aromatic ring is 1. The summed E-state index contributed by atoms with van der Waals surface area (Å²) in [6.45, 7) is 3.92. The zero-order valence-electron chi connectivity index (χ0n) is 13.1. The predicted octanol–water partition coefficient (Wildman–Crippen LogP) is 3.53. The molecule has 0 saturated heterocycles. The third kappa shape index (κ3) is 2.81. The molecule has 5 heteroatoms. The van der Waals surface area contributed by atoms with Crippen LogP contribution in [0.25, 0.3) is 11.1 Å². The molecule has 0 aliphatic carbocycles. The summed E-state index contributed by atoms with van der Waals surface area (Å²) in [5.41, 5.74) is 10.6. The molecule has 0 atom stereocenters. The molecule has 3 aromatic rings. The van der Waals surface area contributed by atoms with Gasteiger partial charge in [0.05, 0.1) is 5.56 Å². The van der Waals surface area contributed by atoms with Gasteiger partial charge in [-0.3, -0.25) is 9.89 Å². The van der Waals surface area contributed by atoms with E-state index in [0.717, 1.165) is 22.4 Å². The highest BCUT2D eigenvalue weighted by Gasteiger charge is 2.21. The average Bonchev–Trinajstić information content (AvgIpc) is 2.92. The fraction of sp³-hybridized carbons (Fsp3) is 0.111. The van der Waals surface area contributed by atoms with Crippen molar-refractivity contribution in [2.45, 2.75) is 13.8 Å². The highest BCUT2D eigenvalue weighted by atomic mass is 16.1. The van der Waals surface area contributed by atoms with Gasteiger partial charge in [-0.2, -0.15) is 5.10 Å². The average molecular weight is 306 g/mol. The molecule has 23 heavy (non-hydrogen) atoms. The van der Waals surface area contributed by atoms with Gasteiger partial charge in [0, 0.05) is 5.69 Å². The summed E-state index contributed by atoms with van der Waals surface area (Å²) in [6, 6.07) is 15.4. The Balaban J connectivity index is 2.00. The van der Waals surface area contributed by atoms with Crippen molar-refractivity contribution in [2.24, 2.45) is 0 Å². The molecule has 4 N–H and O–H groups in total. The number of H-pyrrole nitrogens is 1. The van der Waals surface area contributed by atoms with Crippen LogP contribution in [0.3, 0.4) is 0 Å². The maximum absolute atomic E-state index is 12.6. The fourth-order valence-corrected chi connectivity index (χ4v) is 2.54. The van der Waals surface area contributed by atoms with Crippen molar-refractivity contribution in [2.75, 3.05) is 11.1 Å². The second kappa shape index (κ2) is 5.96. The van der Waals surface area contributed by atoms with E-state index in [1.807, 2.05) is 62.4 Å². The summed E-state index contributed by atoms with van der Waals surface area (Å²) in [5.74, 6) is 0.0970. The number of nitrogens with zero attached hydrogens (tertiary/aromatic N) is 1. The van der Waals surface area contributed by atoms with Crippen LogP contribution in [0.5, 0.6) is 0 Å². The van der Waals surface area contributed by atoms with Gasteiger partial charge in [0.2, 0.25) is 0 Å². The Labute approximate surface area is 134 Å². The second-order valence-electron chi connectivity index (χ2n) is 5.44. The summed E-state index contributed by atoms with van der Waals surface area (Å²) in [7, 11) is 0. The highest BCUT2D eigenvalue weighted by Crippen LogP contribution is 2.31. The van der Waals surface area contributed by atoms with E-state index in [1.54, 1.807) is 0 Å². The summed E-state index contributed by atoms with van der Waals surface area (Å²) in [6.07, 6.45) is 0. The minimum atomic E-state index is -0.287. The predicted molar refractivity (Wildman–Crippen MR) is 92.3 cm³/mol. The van der Waals surface area contributed by atoms with E-state index in [-0.39, 0.29) is 5.91 Å². The van der Waals surface area contributed by atoms with Gasteiger partial charge in [0.1, 0.15) is 5.82 Å². The number of carbonyl (C=O) groups excluding carboxylic acids is 1. The first kappa shape index (κ1) is 14.8. The zero-order valence-corrected chi connectivity index (χ0v) is 13.1. The van der Waals surface area contributed by atoms with Gasteiger partial charge >= 0.3 is 0 Å². The molecule has 0 spiro atoms. The summed E-state index contributed by atoms with van der Waals surface area (Å²) in [5, 5.41) is 9.70. The Morgan fingerprint density at radius 3 is 2.39 bits per heavy atom. The first-order valence-corrected chi connectivity index (χ1v) is 7.34. The van der Waals surface area contributed by atoms with Crippen molar-refractivity contribution in [1.29, 1.82) is 0 Å². The topological polar surface area (TPSA) is 83.8 Å². The molecule has 1 aromatic heterocycles. The normalized spacial score (nSPS) is 10.5. The van der Waals surface area contributed by atoms with Crippen molar-refractivity contribution in [3.63, 3.8) is 0 Å². The van der Waals surface area contributed by atoms with E-state index in [1.165, 1.54) is 0 Å². The minimum Gasteiger partial charge on any atom is -0.384 e. The lowest BCUT2D eigenvalue weighted by Crippen LogP contribution is -2.14. The SMILES string of the molecule is Cc1ccccc1NC(=O)c1n[nH]c(N)c1-c1ccccc1C. The Bertz CT molecular complexity index is 867. The number of hydrogen-bond donors (Lipinski definition) is 3. The van der Waals surface area contributed by atoms with Gasteiger partial charge < -0.3 is 11.1 Å². The van der Waals surface area contributed by atoms with Gasteiger partial charge in [-0.1, -0.05) is 42.5 Å². The maximum Gasteiger partial charge on any atom is 0.276 e. The van der Waals surface area contributed by atoms with Crippen LogP contribution in [-0.2, 0) is 0 Å². The number of amides is 1. The number of rotatable bonds is 3. The summed E-state index contributed by atoms with van der Waals surface area (Å²) in [4.78, 5) is 12.6. The number of anilines is 2. The Morgan fingerprint density at radius 1 is 1.04 bits per heavy atom. The van der Waals surface area contributed by atoms with Gasteiger partial charge in [0.15, 0.2) is 5.69 Å². The Hall–Kier alpha value is -3.08. The Kier molecular flexibility index (Phi) is 3.85. The van der Waals surface area contributed by atoms with Crippen LogP contribution in [0.2, 0.25) is 0 Å². The summed E-state index contributed by atoms with van der Waals surface area (Å²) < 4.78 is 0. The van der Waals surface area contributed by atoms with Crippen molar-refractivity contribution in [1.82, 2.24) is 10.2 Å². The number of nitrogens with two attached hydrogens (primary N) is 1. The molecule has 0 aliphatic rings. The quantitative estimate of drug-likeness (QED) is 0.692. The third-order valence-electron chi connectivity index (χ3n) is 3.82. The highest BCUT2D eigenvalue weighted by molar-refractivity contribution is 6.09. The van der Waals surface area contributed by atoms with Crippen LogP contribution in [0, 0.1) is 13.8 Å². The minimum absolute atomic E-state index is 0.287. The standard InChI is InChI=1S/C18H18N4O/c1-11-7-3-5-9-13(11)15-16(21-22-17(15)19)18(23)20-14-10-6-4-8-12(14)2/h3-10H,1-2H3,(H,20,23)(H3,19,21,22). The monoisotopic (exact) mass is 306 g/mol. The van der Waals surface area contributed by atoms with Crippen LogP contribution in [0.4, 0.5) is 11.5 Å². The van der Waals surface area contributed by atoms with Gasteiger partial charge in [-0.15, -0.1) is 0 Å². The molecule has 1 heterocycles. The molecule has 0 fully saturated rings. The van der Waals surface area contributed by atoms with Crippen molar-refractivity contribution >= 4 is 17.4 Å². The lowest BCUT2D eigenvalue weighted by Gasteiger charge is -2.09. The van der Waals surface area contributed by atoms with E-state index in [0.29, 0.717) is 17.1 Å². The van der Waals surface area contributed by atoms with E-state index in [4.69, 9.17) is 5.73 Å². The molecular formula is C18H18N4O. The lowest BCUT2D eigenvalue weighted by molar-refractivity contribution is 0.102. The molecule has 0 unspecified atom stereocenters. The zero-order chi connectivity index (χ0) is 16.4. The molecule has 2 aromatic carbocycles. The van der Waals surface area contributed by atoms with Crippen LogP contribution in [0.15, 0.2) is 48.5 Å². The number of carbonyl (C=O) groups is 1. The van der Waals surface area contributed by atoms with Crippen LogP contribution in [-0.4, -0.2) is 16.1 Å². The second-order valence-corrected chi connectivity index (χ2v) is 5.44. The molecule has 0 radical (unpaired) electrons. The third-order valence-corrected chi connectivity index (χ3v) is 3.82. The van der Waals surface area contributed by atoms with Crippen molar-refractivity contribution < 1.29 is 4.79 Å². The number of aryl methyl sites for hydroxylation is 2. The number of para-hydroxylation sites is 1. The van der Waals surface area contributed by atoms with E-state index >= 15 is 0 Å². The molecule has 3 rings (SSSR count). The lowest BCUT2D eigenvalue weighted by atomic mass is 10.00. The molecular weight excluding hydrogens is 288 g/mol. The largest absolute Gasteiger partial charge is 0.384 e. The van der Waals surface area contributed by atoms with Crippen LogP contribution < -0.4 is 11.1 Å². The Morgan fingerprint density at radius 2 is 1.70 bits per heavy atom. The van der Waals surface area contributed by atoms with E-state index in [2.05, 4.69) is 15.5 Å². The summed E-state index contributed by atoms with van der Waals surface area (Å²) >= 11 is 0. The maximum atomic E-state index is 12.6. The van der Waals surface area contributed by atoms with Gasteiger partial charge in [-0.25, -0.2) is 0 Å². The number of nitrogens with one attached hydrogen (secondary N) is 2. The molecule has 0 saturated carbocycles. The number of benzene rings is 2. The first-order valence-electron chi connectivity index (χ1n) is 7.34.